The highest BCUT2D eigenvalue weighted by Crippen LogP contribution is 2.40. The Morgan fingerprint density at radius 2 is 1.96 bits per heavy atom. The molecule has 4 rings (SSSR count). The summed E-state index contributed by atoms with van der Waals surface area (Å²) < 4.78 is 5.75. The molecule has 27 heavy (non-hydrogen) atoms. The van der Waals surface area contributed by atoms with E-state index in [0.29, 0.717) is 29.7 Å². The number of aliphatic carboxylic acids is 1. The molecule has 2 aromatic rings. The highest BCUT2D eigenvalue weighted by molar-refractivity contribution is 5.86. The Balaban J connectivity index is 1.56. The molecule has 3 atom stereocenters. The number of carbonyl (C=O) groups is 2. The Kier molecular flexibility index (Phi) is 4.72. The van der Waals surface area contributed by atoms with Gasteiger partial charge in [-0.15, -0.1) is 0 Å². The van der Waals surface area contributed by atoms with E-state index >= 15 is 0 Å². The first kappa shape index (κ1) is 17.8. The minimum Gasteiger partial charge on any atom is -0.480 e. The molecule has 1 aliphatic heterocycles. The SMILES string of the molecule is Cc1oc(-c2ccccc2)nc1CC(=O)N1C(C(=O)O)CC2CCCCC21. The Labute approximate surface area is 158 Å². The van der Waals surface area contributed by atoms with Gasteiger partial charge in [0.2, 0.25) is 11.8 Å². The van der Waals surface area contributed by atoms with E-state index in [9.17, 15) is 14.7 Å². The van der Waals surface area contributed by atoms with E-state index in [4.69, 9.17) is 4.42 Å². The van der Waals surface area contributed by atoms with Crippen LogP contribution in [0.4, 0.5) is 0 Å². The van der Waals surface area contributed by atoms with Gasteiger partial charge in [-0.2, -0.15) is 0 Å². The normalized spacial score (nSPS) is 24.6. The summed E-state index contributed by atoms with van der Waals surface area (Å²) in [5, 5.41) is 9.62. The van der Waals surface area contributed by atoms with E-state index in [0.717, 1.165) is 31.2 Å². The van der Waals surface area contributed by atoms with Crippen molar-refractivity contribution in [3.05, 3.63) is 41.8 Å². The van der Waals surface area contributed by atoms with Crippen molar-refractivity contribution in [2.24, 2.45) is 5.92 Å². The molecule has 0 bridgehead atoms. The van der Waals surface area contributed by atoms with Gasteiger partial charge in [0.25, 0.3) is 0 Å². The number of fused-ring (bicyclic) bond motifs is 1. The molecule has 6 heteroatoms. The average Bonchev–Trinajstić information content (AvgIpc) is 3.23. The topological polar surface area (TPSA) is 83.6 Å². The maximum absolute atomic E-state index is 13.1. The van der Waals surface area contributed by atoms with Crippen molar-refractivity contribution in [3.8, 4) is 11.5 Å². The van der Waals surface area contributed by atoms with Crippen LogP contribution in [0.3, 0.4) is 0 Å². The number of likely N-dealkylation sites (tertiary alicyclic amines) is 1. The number of hydrogen-bond donors (Lipinski definition) is 1. The molecule has 0 radical (unpaired) electrons. The molecule has 1 aromatic heterocycles. The van der Waals surface area contributed by atoms with Crippen molar-refractivity contribution < 1.29 is 19.1 Å². The van der Waals surface area contributed by atoms with Crippen molar-refractivity contribution in [1.29, 1.82) is 0 Å². The number of rotatable bonds is 4. The number of carbonyl (C=O) groups excluding carboxylic acids is 1. The van der Waals surface area contributed by atoms with Crippen molar-refractivity contribution in [3.63, 3.8) is 0 Å². The molecule has 1 amide bonds. The number of nitrogens with zero attached hydrogens (tertiary/aromatic N) is 2. The summed E-state index contributed by atoms with van der Waals surface area (Å²) in [6.45, 7) is 1.80. The van der Waals surface area contributed by atoms with E-state index in [-0.39, 0.29) is 18.4 Å². The molecule has 1 aliphatic carbocycles. The van der Waals surface area contributed by atoms with Crippen LogP contribution in [0, 0.1) is 12.8 Å². The first-order valence-electron chi connectivity index (χ1n) is 9.60. The van der Waals surface area contributed by atoms with Gasteiger partial charge in [0.05, 0.1) is 12.1 Å². The minimum atomic E-state index is -0.903. The molecule has 0 spiro atoms. The zero-order valence-corrected chi connectivity index (χ0v) is 15.4. The largest absolute Gasteiger partial charge is 0.480 e. The number of amides is 1. The summed E-state index contributed by atoms with van der Waals surface area (Å²) in [7, 11) is 0. The Hall–Kier alpha value is -2.63. The van der Waals surface area contributed by atoms with Gasteiger partial charge in [0.1, 0.15) is 11.8 Å². The highest BCUT2D eigenvalue weighted by Gasteiger charge is 2.47. The van der Waals surface area contributed by atoms with Crippen LogP contribution >= 0.6 is 0 Å². The van der Waals surface area contributed by atoms with E-state index in [1.165, 1.54) is 0 Å². The molecular weight excluding hydrogens is 344 g/mol. The van der Waals surface area contributed by atoms with Gasteiger partial charge in [-0.05, 0) is 44.2 Å². The van der Waals surface area contributed by atoms with Gasteiger partial charge >= 0.3 is 5.97 Å². The number of aromatic nitrogens is 1. The summed E-state index contributed by atoms with van der Waals surface area (Å²) in [5.74, 6) is 0.339. The molecule has 1 aromatic carbocycles. The number of hydrogen-bond acceptors (Lipinski definition) is 4. The predicted octanol–water partition coefficient (Wildman–Crippen LogP) is 3.44. The lowest BCUT2D eigenvalue weighted by atomic mass is 9.84. The first-order chi connectivity index (χ1) is 13.0. The third-order valence-corrected chi connectivity index (χ3v) is 5.89. The van der Waals surface area contributed by atoms with E-state index in [2.05, 4.69) is 4.98 Å². The fourth-order valence-corrected chi connectivity index (χ4v) is 4.57. The predicted molar refractivity (Wildman–Crippen MR) is 99.0 cm³/mol. The molecule has 2 heterocycles. The number of oxazole rings is 1. The van der Waals surface area contributed by atoms with E-state index in [1.54, 1.807) is 11.8 Å². The summed E-state index contributed by atoms with van der Waals surface area (Å²) in [5.41, 5.74) is 1.44. The van der Waals surface area contributed by atoms with Crippen molar-refractivity contribution in [2.45, 2.75) is 57.5 Å². The Morgan fingerprint density at radius 1 is 1.22 bits per heavy atom. The van der Waals surface area contributed by atoms with Gasteiger partial charge in [-0.3, -0.25) is 4.79 Å². The molecule has 2 fully saturated rings. The number of benzene rings is 1. The van der Waals surface area contributed by atoms with Crippen LogP contribution in [0.1, 0.15) is 43.6 Å². The van der Waals surface area contributed by atoms with Gasteiger partial charge in [-0.1, -0.05) is 31.0 Å². The second-order valence-electron chi connectivity index (χ2n) is 7.57. The van der Waals surface area contributed by atoms with Crippen LogP contribution < -0.4 is 0 Å². The quantitative estimate of drug-likeness (QED) is 0.894. The third-order valence-electron chi connectivity index (χ3n) is 5.89. The highest BCUT2D eigenvalue weighted by atomic mass is 16.4. The van der Waals surface area contributed by atoms with Crippen molar-refractivity contribution >= 4 is 11.9 Å². The molecule has 1 saturated carbocycles. The van der Waals surface area contributed by atoms with E-state index < -0.39 is 12.0 Å². The molecule has 2 aliphatic rings. The van der Waals surface area contributed by atoms with Crippen LogP contribution in [-0.4, -0.2) is 39.0 Å². The number of carboxylic acids is 1. The Bertz CT molecular complexity index is 845. The lowest BCUT2D eigenvalue weighted by Crippen LogP contribution is -2.47. The zero-order chi connectivity index (χ0) is 19.0. The average molecular weight is 368 g/mol. The second-order valence-corrected chi connectivity index (χ2v) is 7.57. The maximum Gasteiger partial charge on any atom is 0.326 e. The van der Waals surface area contributed by atoms with Gasteiger partial charge in [0.15, 0.2) is 0 Å². The molecule has 142 valence electrons. The minimum absolute atomic E-state index is 0.0492. The van der Waals surface area contributed by atoms with Crippen LogP contribution in [0.25, 0.3) is 11.5 Å². The standard InChI is InChI=1S/C21H24N2O4/c1-13-16(22-20(27-13)14-7-3-2-4-8-14)12-19(24)23-17-10-6-5-9-15(17)11-18(23)21(25)26/h2-4,7-8,15,17-18H,5-6,9-12H2,1H3,(H,25,26). The van der Waals surface area contributed by atoms with Gasteiger partial charge in [0, 0.05) is 11.6 Å². The summed E-state index contributed by atoms with van der Waals surface area (Å²) in [6, 6.07) is 8.88. The smallest absolute Gasteiger partial charge is 0.326 e. The van der Waals surface area contributed by atoms with Crippen molar-refractivity contribution in [2.75, 3.05) is 0 Å². The second kappa shape index (κ2) is 7.18. The van der Waals surface area contributed by atoms with Crippen LogP contribution in [-0.2, 0) is 16.0 Å². The molecular formula is C21H24N2O4. The molecule has 1 saturated heterocycles. The van der Waals surface area contributed by atoms with E-state index in [1.807, 2.05) is 30.3 Å². The monoisotopic (exact) mass is 368 g/mol. The van der Waals surface area contributed by atoms with Crippen molar-refractivity contribution in [1.82, 2.24) is 9.88 Å². The fourth-order valence-electron chi connectivity index (χ4n) is 4.57. The summed E-state index contributed by atoms with van der Waals surface area (Å²) in [6.07, 6.45) is 4.73. The van der Waals surface area contributed by atoms with Crippen LogP contribution in [0.15, 0.2) is 34.7 Å². The lowest BCUT2D eigenvalue weighted by molar-refractivity contribution is -0.149. The van der Waals surface area contributed by atoms with Gasteiger partial charge < -0.3 is 14.4 Å². The zero-order valence-electron chi connectivity index (χ0n) is 15.4. The Morgan fingerprint density at radius 3 is 2.70 bits per heavy atom. The van der Waals surface area contributed by atoms with Crippen LogP contribution in [0.5, 0.6) is 0 Å². The fraction of sp³-hybridized carbons (Fsp3) is 0.476. The molecule has 6 nitrogen and oxygen atoms in total. The number of carboxylic acid groups (broad SMARTS) is 1. The summed E-state index contributed by atoms with van der Waals surface area (Å²) >= 11 is 0. The number of aryl methyl sites for hydroxylation is 1. The van der Waals surface area contributed by atoms with Crippen LogP contribution in [0.2, 0.25) is 0 Å². The van der Waals surface area contributed by atoms with Gasteiger partial charge in [-0.25, -0.2) is 9.78 Å². The maximum atomic E-state index is 13.1. The molecule has 3 unspecified atom stereocenters. The lowest BCUT2D eigenvalue weighted by Gasteiger charge is -2.33. The first-order valence-corrected chi connectivity index (χ1v) is 9.60. The molecule has 1 N–H and O–H groups in total. The third kappa shape index (κ3) is 3.36. The summed E-state index contributed by atoms with van der Waals surface area (Å²) in [4.78, 5) is 30.9.